The summed E-state index contributed by atoms with van der Waals surface area (Å²) in [5, 5.41) is 9.05. The number of carbonyl (C=O) groups excluding carboxylic acids is 1. The zero-order valence-corrected chi connectivity index (χ0v) is 9.32. The minimum Gasteiger partial charge on any atom is -0.395 e. The van der Waals surface area contributed by atoms with Gasteiger partial charge in [-0.1, -0.05) is 12.8 Å². The first-order valence-corrected chi connectivity index (χ1v) is 6.22. The van der Waals surface area contributed by atoms with Gasteiger partial charge in [0.15, 0.2) is 0 Å². The van der Waals surface area contributed by atoms with Crippen molar-refractivity contribution in [1.29, 1.82) is 0 Å². The molecule has 2 saturated carbocycles. The topological polar surface area (TPSA) is 40.5 Å². The summed E-state index contributed by atoms with van der Waals surface area (Å²) >= 11 is 0. The summed E-state index contributed by atoms with van der Waals surface area (Å²) in [4.78, 5) is 14.2. The van der Waals surface area contributed by atoms with Gasteiger partial charge < -0.3 is 5.11 Å². The fourth-order valence-electron chi connectivity index (χ4n) is 2.61. The smallest absolute Gasteiger partial charge is 0.149 e. The van der Waals surface area contributed by atoms with Crippen LogP contribution >= 0.6 is 0 Å². The highest BCUT2D eigenvalue weighted by molar-refractivity contribution is 5.84. The third-order valence-corrected chi connectivity index (χ3v) is 3.55. The van der Waals surface area contributed by atoms with Crippen molar-refractivity contribution in [2.75, 3.05) is 13.2 Å². The minimum absolute atomic E-state index is 0.118. The fourth-order valence-corrected chi connectivity index (χ4v) is 2.61. The van der Waals surface area contributed by atoms with Crippen molar-refractivity contribution in [1.82, 2.24) is 4.90 Å². The van der Waals surface area contributed by atoms with E-state index in [1.54, 1.807) is 0 Å². The van der Waals surface area contributed by atoms with Crippen LogP contribution in [-0.4, -0.2) is 41.0 Å². The van der Waals surface area contributed by atoms with Gasteiger partial charge in [0.1, 0.15) is 5.78 Å². The van der Waals surface area contributed by atoms with Crippen molar-refractivity contribution in [3.05, 3.63) is 0 Å². The third-order valence-electron chi connectivity index (χ3n) is 3.55. The maximum absolute atomic E-state index is 11.9. The number of ketones is 1. The summed E-state index contributed by atoms with van der Waals surface area (Å²) < 4.78 is 0. The van der Waals surface area contributed by atoms with Crippen LogP contribution in [0.5, 0.6) is 0 Å². The first kappa shape index (κ1) is 11.1. The predicted molar refractivity (Wildman–Crippen MR) is 58.7 cm³/mol. The summed E-state index contributed by atoms with van der Waals surface area (Å²) in [5.74, 6) is 0.410. The van der Waals surface area contributed by atoms with Crippen molar-refractivity contribution in [3.63, 3.8) is 0 Å². The van der Waals surface area contributed by atoms with E-state index in [1.807, 2.05) is 0 Å². The molecule has 0 bridgehead atoms. The van der Waals surface area contributed by atoms with Crippen molar-refractivity contribution in [2.24, 2.45) is 0 Å². The lowest BCUT2D eigenvalue weighted by Gasteiger charge is -2.29. The molecule has 15 heavy (non-hydrogen) atoms. The Morgan fingerprint density at radius 3 is 2.67 bits per heavy atom. The molecule has 1 unspecified atom stereocenters. The molecule has 0 aromatic heterocycles. The Bertz CT molecular complexity index is 226. The molecule has 0 amide bonds. The van der Waals surface area contributed by atoms with Crippen LogP contribution in [0.25, 0.3) is 0 Å². The van der Waals surface area contributed by atoms with Gasteiger partial charge in [0, 0.05) is 19.0 Å². The van der Waals surface area contributed by atoms with E-state index < -0.39 is 0 Å². The molecule has 1 atom stereocenters. The molecule has 2 aliphatic carbocycles. The van der Waals surface area contributed by atoms with Gasteiger partial charge in [0.25, 0.3) is 0 Å². The van der Waals surface area contributed by atoms with Crippen LogP contribution in [0.4, 0.5) is 0 Å². The molecule has 2 rings (SSSR count). The zero-order valence-electron chi connectivity index (χ0n) is 9.32. The quantitative estimate of drug-likeness (QED) is 0.713. The minimum atomic E-state index is 0.118. The third kappa shape index (κ3) is 2.79. The van der Waals surface area contributed by atoms with Crippen LogP contribution in [-0.2, 0) is 4.79 Å². The van der Waals surface area contributed by atoms with Crippen LogP contribution < -0.4 is 0 Å². The maximum Gasteiger partial charge on any atom is 0.149 e. The van der Waals surface area contributed by atoms with Crippen molar-refractivity contribution in [3.8, 4) is 0 Å². The van der Waals surface area contributed by atoms with Crippen LogP contribution in [0, 0.1) is 0 Å². The highest BCUT2D eigenvalue weighted by Crippen LogP contribution is 2.31. The Morgan fingerprint density at radius 2 is 2.00 bits per heavy atom. The molecule has 2 fully saturated rings. The van der Waals surface area contributed by atoms with Gasteiger partial charge in [0.2, 0.25) is 0 Å². The number of aliphatic hydroxyl groups excluding tert-OH is 1. The van der Waals surface area contributed by atoms with Crippen molar-refractivity contribution < 1.29 is 9.90 Å². The van der Waals surface area contributed by atoms with Gasteiger partial charge in [-0.15, -0.1) is 0 Å². The zero-order chi connectivity index (χ0) is 10.7. The summed E-state index contributed by atoms with van der Waals surface area (Å²) in [6, 6.07) is 0.705. The molecule has 2 aliphatic rings. The second-order valence-electron chi connectivity index (χ2n) is 4.77. The number of hydrogen-bond donors (Lipinski definition) is 1. The van der Waals surface area contributed by atoms with E-state index in [0.717, 1.165) is 19.3 Å². The lowest BCUT2D eigenvalue weighted by atomic mass is 10.1. The monoisotopic (exact) mass is 211 g/mol. The van der Waals surface area contributed by atoms with Crippen LogP contribution in [0.3, 0.4) is 0 Å². The lowest BCUT2D eigenvalue weighted by Crippen LogP contribution is -2.43. The Labute approximate surface area is 91.5 Å². The normalized spacial score (nSPS) is 28.1. The van der Waals surface area contributed by atoms with E-state index >= 15 is 0 Å². The van der Waals surface area contributed by atoms with Crippen LogP contribution in [0.2, 0.25) is 0 Å². The molecular weight excluding hydrogens is 190 g/mol. The Kier molecular flexibility index (Phi) is 3.76. The Balaban J connectivity index is 1.99. The van der Waals surface area contributed by atoms with Gasteiger partial charge in [-0.05, 0) is 25.7 Å². The largest absolute Gasteiger partial charge is 0.395 e. The molecule has 0 spiro atoms. The molecule has 1 N–H and O–H groups in total. The highest BCUT2D eigenvalue weighted by atomic mass is 16.3. The molecule has 0 heterocycles. The summed E-state index contributed by atoms with van der Waals surface area (Å²) in [6.45, 7) is 0.862. The summed E-state index contributed by atoms with van der Waals surface area (Å²) in [5.41, 5.74) is 0. The maximum atomic E-state index is 11.9. The molecule has 0 saturated heterocycles. The van der Waals surface area contributed by atoms with Gasteiger partial charge in [-0.3, -0.25) is 9.69 Å². The summed E-state index contributed by atoms with van der Waals surface area (Å²) in [6.07, 6.45) is 7.61. The average molecular weight is 211 g/mol. The summed E-state index contributed by atoms with van der Waals surface area (Å²) in [7, 11) is 0. The molecule has 3 heteroatoms. The highest BCUT2D eigenvalue weighted by Gasteiger charge is 2.36. The molecule has 86 valence electrons. The second kappa shape index (κ2) is 5.08. The van der Waals surface area contributed by atoms with Crippen molar-refractivity contribution >= 4 is 5.78 Å². The number of carbonyl (C=O) groups is 1. The molecule has 0 aromatic rings. The molecule has 0 aromatic carbocycles. The van der Waals surface area contributed by atoms with Gasteiger partial charge in [-0.25, -0.2) is 0 Å². The van der Waals surface area contributed by atoms with Crippen molar-refractivity contribution in [2.45, 2.75) is 57.0 Å². The predicted octanol–water partition coefficient (Wildman–Crippen LogP) is 1.34. The number of rotatable bonds is 4. The van der Waals surface area contributed by atoms with E-state index in [1.165, 1.54) is 25.7 Å². The van der Waals surface area contributed by atoms with Crippen LogP contribution in [0.1, 0.15) is 44.9 Å². The molecule has 0 aliphatic heterocycles. The second-order valence-corrected chi connectivity index (χ2v) is 4.77. The van der Waals surface area contributed by atoms with Gasteiger partial charge >= 0.3 is 0 Å². The number of aliphatic hydroxyl groups is 1. The SMILES string of the molecule is O=C1CCCCCC1N(CCO)C1CC1. The number of nitrogens with zero attached hydrogens (tertiary/aromatic N) is 1. The number of Topliss-reactive ketones (excluding diaryl/α,β-unsaturated/α-hetero) is 1. The lowest BCUT2D eigenvalue weighted by molar-refractivity contribution is -0.124. The van der Waals surface area contributed by atoms with Gasteiger partial charge in [-0.2, -0.15) is 0 Å². The molecular formula is C12H21NO2. The van der Waals surface area contributed by atoms with Crippen LogP contribution in [0.15, 0.2) is 0 Å². The van der Waals surface area contributed by atoms with E-state index in [-0.39, 0.29) is 12.6 Å². The molecule has 3 nitrogen and oxygen atoms in total. The molecule has 0 radical (unpaired) electrons. The first-order valence-electron chi connectivity index (χ1n) is 6.22. The van der Waals surface area contributed by atoms with E-state index in [4.69, 9.17) is 5.11 Å². The van der Waals surface area contributed by atoms with E-state index in [0.29, 0.717) is 18.4 Å². The Morgan fingerprint density at radius 1 is 1.20 bits per heavy atom. The number of hydrogen-bond acceptors (Lipinski definition) is 3. The standard InChI is InChI=1S/C12H21NO2/c14-9-8-13(10-6-7-10)11-4-2-1-3-5-12(11)15/h10-11,14H,1-9H2. The van der Waals surface area contributed by atoms with Gasteiger partial charge in [0.05, 0.1) is 12.6 Å². The fraction of sp³-hybridized carbons (Fsp3) is 0.917. The Hall–Kier alpha value is -0.410. The van der Waals surface area contributed by atoms with E-state index in [9.17, 15) is 4.79 Å². The average Bonchev–Trinajstić information content (AvgIpc) is 3.02. The first-order chi connectivity index (χ1) is 7.33. The van der Waals surface area contributed by atoms with E-state index in [2.05, 4.69) is 4.90 Å².